The summed E-state index contributed by atoms with van der Waals surface area (Å²) in [5.41, 5.74) is 0. The first-order valence-corrected chi connectivity index (χ1v) is 5.72. The smallest absolute Gasteiger partial charge is 0.224 e. The van der Waals surface area contributed by atoms with Crippen molar-refractivity contribution in [3.8, 4) is 0 Å². The van der Waals surface area contributed by atoms with Crippen molar-refractivity contribution in [2.75, 3.05) is 26.2 Å². The molecule has 5 heteroatoms. The lowest BCUT2D eigenvalue weighted by Crippen LogP contribution is -2.51. The van der Waals surface area contributed by atoms with Crippen LogP contribution in [-0.4, -0.2) is 49.2 Å². The Bertz CT molecular complexity index is 212. The monoisotopic (exact) mass is 250 g/mol. The molecule has 0 radical (unpaired) electrons. The Morgan fingerprint density at radius 2 is 2.25 bits per heavy atom. The number of halogens is 1. The average Bonchev–Trinajstić information content (AvgIpc) is 2.17. The zero-order valence-electron chi connectivity index (χ0n) is 10.4. The summed E-state index contributed by atoms with van der Waals surface area (Å²) in [5, 5.41) is 3.32. The van der Waals surface area contributed by atoms with Crippen LogP contribution < -0.4 is 5.32 Å². The highest BCUT2D eigenvalue weighted by atomic mass is 35.5. The van der Waals surface area contributed by atoms with Crippen LogP contribution in [0.1, 0.15) is 27.2 Å². The van der Waals surface area contributed by atoms with Gasteiger partial charge in [-0.15, -0.1) is 12.4 Å². The third-order valence-corrected chi connectivity index (χ3v) is 2.49. The molecule has 0 aliphatic carbocycles. The molecule has 1 atom stereocenters. The van der Waals surface area contributed by atoms with Crippen LogP contribution in [-0.2, 0) is 9.53 Å². The van der Waals surface area contributed by atoms with Gasteiger partial charge in [-0.25, -0.2) is 0 Å². The molecule has 1 fully saturated rings. The van der Waals surface area contributed by atoms with E-state index in [4.69, 9.17) is 4.74 Å². The molecule has 0 unspecified atom stereocenters. The molecule has 1 saturated heterocycles. The van der Waals surface area contributed by atoms with Gasteiger partial charge in [0, 0.05) is 25.7 Å². The molecule has 1 rings (SSSR count). The minimum atomic E-state index is 0. The Morgan fingerprint density at radius 3 is 2.81 bits per heavy atom. The van der Waals surface area contributed by atoms with Crippen LogP contribution in [0.25, 0.3) is 0 Å². The van der Waals surface area contributed by atoms with Gasteiger partial charge in [0.15, 0.2) is 0 Å². The highest BCUT2D eigenvalue weighted by molar-refractivity contribution is 5.85. The number of carbonyl (C=O) groups is 1. The quantitative estimate of drug-likeness (QED) is 0.811. The lowest BCUT2D eigenvalue weighted by atomic mass is 10.2. The summed E-state index contributed by atoms with van der Waals surface area (Å²) in [5.74, 6) is 0.212. The van der Waals surface area contributed by atoms with E-state index in [2.05, 4.69) is 12.2 Å². The van der Waals surface area contributed by atoms with Crippen LogP contribution in [0.4, 0.5) is 0 Å². The number of ether oxygens (including phenoxy) is 1. The molecule has 0 aromatic heterocycles. The van der Waals surface area contributed by atoms with Crippen molar-refractivity contribution in [2.24, 2.45) is 0 Å². The van der Waals surface area contributed by atoms with Crippen LogP contribution in [0.2, 0.25) is 0 Å². The summed E-state index contributed by atoms with van der Waals surface area (Å²) in [7, 11) is 0. The second-order valence-corrected chi connectivity index (χ2v) is 4.36. The highest BCUT2D eigenvalue weighted by Crippen LogP contribution is 2.02. The number of nitrogens with zero attached hydrogens (tertiary/aromatic N) is 1. The molecule has 4 nitrogen and oxygen atoms in total. The van der Waals surface area contributed by atoms with Crippen molar-refractivity contribution in [1.82, 2.24) is 10.2 Å². The maximum Gasteiger partial charge on any atom is 0.224 e. The SMILES string of the molecule is CC(C)OCCC(=O)N1CCN[C@@H](C)C1.Cl. The van der Waals surface area contributed by atoms with Crippen molar-refractivity contribution in [3.05, 3.63) is 0 Å². The second-order valence-electron chi connectivity index (χ2n) is 4.36. The normalized spacial score (nSPS) is 20.8. The fourth-order valence-electron chi connectivity index (χ4n) is 1.70. The van der Waals surface area contributed by atoms with Crippen molar-refractivity contribution in [1.29, 1.82) is 0 Å². The van der Waals surface area contributed by atoms with Crippen molar-refractivity contribution in [3.63, 3.8) is 0 Å². The molecule has 1 aliphatic heterocycles. The van der Waals surface area contributed by atoms with Crippen LogP contribution in [0.15, 0.2) is 0 Å². The van der Waals surface area contributed by atoms with Gasteiger partial charge >= 0.3 is 0 Å². The van der Waals surface area contributed by atoms with Gasteiger partial charge < -0.3 is 15.0 Å². The predicted molar refractivity (Wildman–Crippen MR) is 67.0 cm³/mol. The fourth-order valence-corrected chi connectivity index (χ4v) is 1.70. The Labute approximate surface area is 104 Å². The topological polar surface area (TPSA) is 41.6 Å². The molecule has 1 aliphatic rings. The third kappa shape index (κ3) is 5.68. The van der Waals surface area contributed by atoms with E-state index in [1.54, 1.807) is 0 Å². The molecule has 96 valence electrons. The first kappa shape index (κ1) is 15.7. The zero-order chi connectivity index (χ0) is 11.3. The number of carbonyl (C=O) groups excluding carboxylic acids is 1. The van der Waals surface area contributed by atoms with Crippen LogP contribution in [0.5, 0.6) is 0 Å². The first-order valence-electron chi connectivity index (χ1n) is 5.72. The van der Waals surface area contributed by atoms with Gasteiger partial charge in [0.1, 0.15) is 0 Å². The van der Waals surface area contributed by atoms with E-state index < -0.39 is 0 Å². The van der Waals surface area contributed by atoms with E-state index in [1.807, 2.05) is 18.7 Å². The fraction of sp³-hybridized carbons (Fsp3) is 0.909. The van der Waals surface area contributed by atoms with Gasteiger partial charge in [0.05, 0.1) is 19.1 Å². The number of nitrogens with one attached hydrogen (secondary N) is 1. The molecular weight excluding hydrogens is 228 g/mol. The van der Waals surface area contributed by atoms with E-state index in [0.29, 0.717) is 19.1 Å². The predicted octanol–water partition coefficient (Wildman–Crippen LogP) is 1.04. The molecule has 0 bridgehead atoms. The summed E-state index contributed by atoms with van der Waals surface area (Å²) < 4.78 is 5.37. The van der Waals surface area contributed by atoms with Crippen LogP contribution in [0.3, 0.4) is 0 Å². The van der Waals surface area contributed by atoms with Crippen molar-refractivity contribution >= 4 is 18.3 Å². The number of hydrogen-bond donors (Lipinski definition) is 1. The Kier molecular flexibility index (Phi) is 7.72. The Hall–Kier alpha value is -0.320. The van der Waals surface area contributed by atoms with Crippen LogP contribution >= 0.6 is 12.4 Å². The Morgan fingerprint density at radius 1 is 1.56 bits per heavy atom. The van der Waals surface area contributed by atoms with Crippen LogP contribution in [0, 0.1) is 0 Å². The molecule has 0 aromatic carbocycles. The minimum Gasteiger partial charge on any atom is -0.378 e. The standard InChI is InChI=1S/C11H22N2O2.ClH/c1-9(2)15-7-4-11(14)13-6-5-12-10(3)8-13;/h9-10,12H,4-8H2,1-3H3;1H/t10-;/m0./s1. The third-order valence-electron chi connectivity index (χ3n) is 2.49. The lowest BCUT2D eigenvalue weighted by molar-refractivity contribution is -0.133. The van der Waals surface area contributed by atoms with Gasteiger partial charge in [-0.05, 0) is 20.8 Å². The summed E-state index contributed by atoms with van der Waals surface area (Å²) in [6.07, 6.45) is 0.713. The summed E-state index contributed by atoms with van der Waals surface area (Å²) in [6, 6.07) is 0.411. The van der Waals surface area contributed by atoms with Gasteiger partial charge in [-0.2, -0.15) is 0 Å². The van der Waals surface area contributed by atoms with Crippen molar-refractivity contribution in [2.45, 2.75) is 39.3 Å². The number of hydrogen-bond acceptors (Lipinski definition) is 3. The van der Waals surface area contributed by atoms with Gasteiger partial charge in [0.25, 0.3) is 0 Å². The van der Waals surface area contributed by atoms with E-state index in [9.17, 15) is 4.79 Å². The molecule has 1 N–H and O–H groups in total. The number of piperazine rings is 1. The van der Waals surface area contributed by atoms with Gasteiger partial charge in [0.2, 0.25) is 5.91 Å². The largest absolute Gasteiger partial charge is 0.378 e. The second kappa shape index (κ2) is 7.87. The zero-order valence-corrected chi connectivity index (χ0v) is 11.2. The van der Waals surface area contributed by atoms with E-state index in [0.717, 1.165) is 19.6 Å². The molecular formula is C11H23ClN2O2. The summed E-state index contributed by atoms with van der Waals surface area (Å²) in [6.45, 7) is 9.15. The van der Waals surface area contributed by atoms with E-state index >= 15 is 0 Å². The maximum atomic E-state index is 11.7. The average molecular weight is 251 g/mol. The first-order chi connectivity index (χ1) is 7.09. The molecule has 0 saturated carbocycles. The lowest BCUT2D eigenvalue weighted by Gasteiger charge is -2.32. The summed E-state index contributed by atoms with van der Waals surface area (Å²) >= 11 is 0. The van der Waals surface area contributed by atoms with E-state index in [1.165, 1.54) is 0 Å². The molecule has 1 heterocycles. The molecule has 16 heavy (non-hydrogen) atoms. The minimum absolute atomic E-state index is 0. The molecule has 0 spiro atoms. The van der Waals surface area contributed by atoms with Crippen molar-refractivity contribution < 1.29 is 9.53 Å². The summed E-state index contributed by atoms with van der Waals surface area (Å²) in [4.78, 5) is 13.7. The van der Waals surface area contributed by atoms with Gasteiger partial charge in [-0.1, -0.05) is 0 Å². The maximum absolute atomic E-state index is 11.7. The highest BCUT2D eigenvalue weighted by Gasteiger charge is 2.19. The molecule has 1 amide bonds. The number of amides is 1. The number of rotatable bonds is 4. The van der Waals surface area contributed by atoms with E-state index in [-0.39, 0.29) is 24.4 Å². The van der Waals surface area contributed by atoms with Gasteiger partial charge in [-0.3, -0.25) is 4.79 Å². The molecule has 0 aromatic rings. The Balaban J connectivity index is 0.00000225.